The summed E-state index contributed by atoms with van der Waals surface area (Å²) in [5.74, 6) is 1.04. The summed E-state index contributed by atoms with van der Waals surface area (Å²) in [6.45, 7) is 4.60. The highest BCUT2D eigenvalue weighted by Gasteiger charge is 2.35. The number of para-hydroxylation sites is 2. The summed E-state index contributed by atoms with van der Waals surface area (Å²) >= 11 is 0. The lowest BCUT2D eigenvalue weighted by Crippen LogP contribution is -2.47. The Morgan fingerprint density at radius 3 is 2.38 bits per heavy atom. The molecule has 1 saturated carbocycles. The molecule has 6 rings (SSSR count). The quantitative estimate of drug-likeness (QED) is 0.433. The van der Waals surface area contributed by atoms with E-state index in [2.05, 4.69) is 43.0 Å². The lowest BCUT2D eigenvalue weighted by molar-refractivity contribution is -0.144. The highest BCUT2D eigenvalue weighted by Crippen LogP contribution is 2.40. The molecule has 0 atom stereocenters. The molecule has 2 aromatic carbocycles. The first-order valence-electron chi connectivity index (χ1n) is 11.6. The summed E-state index contributed by atoms with van der Waals surface area (Å²) in [4.78, 5) is 19.1. The van der Waals surface area contributed by atoms with Crippen LogP contribution in [0.1, 0.15) is 30.4 Å². The zero-order valence-electron chi connectivity index (χ0n) is 18.5. The molecule has 178 valence electrons. The maximum atomic E-state index is 13.0. The number of imidazole rings is 2. The summed E-state index contributed by atoms with van der Waals surface area (Å²) in [5.41, 5.74) is 3.83. The van der Waals surface area contributed by atoms with Crippen LogP contribution in [0, 0.1) is 0 Å². The van der Waals surface area contributed by atoms with E-state index < -0.39 is 12.0 Å². The van der Waals surface area contributed by atoms with Gasteiger partial charge in [-0.3, -0.25) is 4.90 Å². The van der Waals surface area contributed by atoms with Crippen LogP contribution < -0.4 is 9.64 Å². The van der Waals surface area contributed by atoms with Gasteiger partial charge in [-0.15, -0.1) is 0 Å². The van der Waals surface area contributed by atoms with E-state index in [1.165, 1.54) is 18.5 Å². The second-order valence-corrected chi connectivity index (χ2v) is 8.98. The molecular weight excluding hydrogens is 445 g/mol. The van der Waals surface area contributed by atoms with Crippen LogP contribution in [0.5, 0.6) is 5.75 Å². The van der Waals surface area contributed by atoms with Crippen molar-refractivity contribution in [3.05, 3.63) is 48.0 Å². The maximum Gasteiger partial charge on any atom is 0.449 e. The van der Waals surface area contributed by atoms with Crippen molar-refractivity contribution in [2.75, 3.05) is 44.2 Å². The van der Waals surface area contributed by atoms with Crippen molar-refractivity contribution in [3.63, 3.8) is 0 Å². The number of nitrogens with one attached hydrogen (secondary N) is 2. The number of piperazine rings is 1. The van der Waals surface area contributed by atoms with Crippen molar-refractivity contribution in [3.8, 4) is 5.75 Å². The number of hydrogen-bond donors (Lipinski definition) is 2. The topological polar surface area (TPSA) is 73.1 Å². The summed E-state index contributed by atoms with van der Waals surface area (Å²) in [6, 6.07) is 11.2. The van der Waals surface area contributed by atoms with Gasteiger partial charge in [-0.2, -0.15) is 13.2 Å². The van der Waals surface area contributed by atoms with Crippen molar-refractivity contribution in [1.29, 1.82) is 0 Å². The summed E-state index contributed by atoms with van der Waals surface area (Å²) in [5, 5.41) is 0. The minimum Gasteiger partial charge on any atom is -0.490 e. The van der Waals surface area contributed by atoms with Crippen LogP contribution >= 0.6 is 0 Å². The first-order chi connectivity index (χ1) is 16.5. The number of rotatable bonds is 6. The third-order valence-electron chi connectivity index (χ3n) is 6.60. The van der Waals surface area contributed by atoms with Gasteiger partial charge < -0.3 is 19.6 Å². The predicted molar refractivity (Wildman–Crippen MR) is 123 cm³/mol. The molecule has 0 spiro atoms. The SMILES string of the molecule is FC(F)(F)c1nc2c(OCCN3CCN(c4cccc5[nH]c(C6CC6)nc45)CC3)cccc2[nH]1. The third-order valence-corrected chi connectivity index (χ3v) is 6.60. The van der Waals surface area contributed by atoms with E-state index in [1.807, 2.05) is 0 Å². The second kappa shape index (κ2) is 8.19. The first-order valence-corrected chi connectivity index (χ1v) is 11.6. The Hall–Kier alpha value is -3.27. The standard InChI is InChI=1S/C24H25F3N6O/c25-24(26,27)23-29-17-4-2-6-19(21(17)31-23)34-14-13-32-9-11-33(12-10-32)18-5-1-3-16-20(18)30-22(28-16)15-7-8-15/h1-6,15H,7-14H2,(H,28,30)(H,29,31). The minimum absolute atomic E-state index is 0.206. The number of aromatic amines is 2. The Balaban J connectivity index is 1.06. The van der Waals surface area contributed by atoms with Gasteiger partial charge in [0.05, 0.1) is 16.7 Å². The fraction of sp³-hybridized carbons (Fsp3) is 0.417. The highest BCUT2D eigenvalue weighted by atomic mass is 19.4. The van der Waals surface area contributed by atoms with Gasteiger partial charge in [0.1, 0.15) is 29.2 Å². The van der Waals surface area contributed by atoms with Crippen molar-refractivity contribution >= 4 is 27.8 Å². The average Bonchev–Trinajstić information content (AvgIpc) is 3.41. The molecule has 0 amide bonds. The van der Waals surface area contributed by atoms with Crippen LogP contribution in [0.15, 0.2) is 36.4 Å². The number of benzene rings is 2. The number of halogens is 3. The van der Waals surface area contributed by atoms with E-state index in [0.29, 0.717) is 30.3 Å². The van der Waals surface area contributed by atoms with Crippen LogP contribution in [-0.4, -0.2) is 64.2 Å². The molecular formula is C24H25F3N6O. The van der Waals surface area contributed by atoms with E-state index in [1.54, 1.807) is 18.2 Å². The number of H-pyrrole nitrogens is 2. The van der Waals surface area contributed by atoms with Crippen LogP contribution in [0.3, 0.4) is 0 Å². The molecule has 7 nitrogen and oxygen atoms in total. The van der Waals surface area contributed by atoms with Gasteiger partial charge in [-0.1, -0.05) is 12.1 Å². The zero-order chi connectivity index (χ0) is 23.3. The van der Waals surface area contributed by atoms with E-state index >= 15 is 0 Å². The van der Waals surface area contributed by atoms with Gasteiger partial charge in [0.25, 0.3) is 0 Å². The molecule has 1 aliphatic carbocycles. The average molecular weight is 470 g/mol. The van der Waals surface area contributed by atoms with Gasteiger partial charge in [0, 0.05) is 38.6 Å². The Morgan fingerprint density at radius 2 is 1.65 bits per heavy atom. The minimum atomic E-state index is -4.52. The highest BCUT2D eigenvalue weighted by molar-refractivity contribution is 5.89. The first kappa shape index (κ1) is 21.3. The predicted octanol–water partition coefficient (Wildman–Crippen LogP) is 4.54. The summed E-state index contributed by atoms with van der Waals surface area (Å²) < 4.78 is 44.8. The van der Waals surface area contributed by atoms with Gasteiger partial charge in [0.2, 0.25) is 5.82 Å². The van der Waals surface area contributed by atoms with Crippen molar-refractivity contribution < 1.29 is 17.9 Å². The number of nitrogens with zero attached hydrogens (tertiary/aromatic N) is 4. The van der Waals surface area contributed by atoms with E-state index in [-0.39, 0.29) is 5.52 Å². The van der Waals surface area contributed by atoms with Crippen molar-refractivity contribution in [2.24, 2.45) is 0 Å². The van der Waals surface area contributed by atoms with Crippen LogP contribution in [0.4, 0.5) is 18.9 Å². The fourth-order valence-corrected chi connectivity index (χ4v) is 4.60. The molecule has 1 saturated heterocycles. The number of anilines is 1. The largest absolute Gasteiger partial charge is 0.490 e. The summed E-state index contributed by atoms with van der Waals surface area (Å²) in [7, 11) is 0. The maximum absolute atomic E-state index is 13.0. The van der Waals surface area contributed by atoms with E-state index in [9.17, 15) is 13.2 Å². The molecule has 2 fully saturated rings. The third kappa shape index (κ3) is 4.06. The zero-order valence-corrected chi connectivity index (χ0v) is 18.5. The molecule has 0 unspecified atom stereocenters. The molecule has 1 aliphatic heterocycles. The Bertz CT molecular complexity index is 1320. The second-order valence-electron chi connectivity index (χ2n) is 8.98. The molecule has 3 heterocycles. The smallest absolute Gasteiger partial charge is 0.449 e. The van der Waals surface area contributed by atoms with E-state index in [4.69, 9.17) is 9.72 Å². The number of fused-ring (bicyclic) bond motifs is 2. The molecule has 2 aromatic heterocycles. The molecule has 34 heavy (non-hydrogen) atoms. The number of alkyl halides is 3. The van der Waals surface area contributed by atoms with Crippen LogP contribution in [-0.2, 0) is 6.18 Å². The Kier molecular flexibility index (Phi) is 5.13. The molecule has 10 heteroatoms. The summed E-state index contributed by atoms with van der Waals surface area (Å²) in [6.07, 6.45) is -2.09. The van der Waals surface area contributed by atoms with Crippen molar-refractivity contribution in [1.82, 2.24) is 24.8 Å². The molecule has 0 radical (unpaired) electrons. The van der Waals surface area contributed by atoms with E-state index in [0.717, 1.165) is 43.0 Å². The van der Waals surface area contributed by atoms with Gasteiger partial charge >= 0.3 is 6.18 Å². The Labute approximate surface area is 193 Å². The number of aromatic nitrogens is 4. The van der Waals surface area contributed by atoms with Gasteiger partial charge in [-0.05, 0) is 37.1 Å². The molecule has 0 bridgehead atoms. The molecule has 4 aromatic rings. The monoisotopic (exact) mass is 470 g/mol. The van der Waals surface area contributed by atoms with Crippen molar-refractivity contribution in [2.45, 2.75) is 24.9 Å². The van der Waals surface area contributed by atoms with Gasteiger partial charge in [-0.25, -0.2) is 9.97 Å². The van der Waals surface area contributed by atoms with Crippen LogP contribution in [0.2, 0.25) is 0 Å². The number of hydrogen-bond acceptors (Lipinski definition) is 5. The Morgan fingerprint density at radius 1 is 0.912 bits per heavy atom. The molecule has 2 N–H and O–H groups in total. The lowest BCUT2D eigenvalue weighted by Gasteiger charge is -2.36. The number of ether oxygens (including phenoxy) is 1. The lowest BCUT2D eigenvalue weighted by atomic mass is 10.2. The normalized spacial score (nSPS) is 17.7. The molecule has 2 aliphatic rings. The fourth-order valence-electron chi connectivity index (χ4n) is 4.60. The van der Waals surface area contributed by atoms with Crippen LogP contribution in [0.25, 0.3) is 22.1 Å². The van der Waals surface area contributed by atoms with Gasteiger partial charge in [0.15, 0.2) is 0 Å².